The third-order valence-electron chi connectivity index (χ3n) is 6.73. The molecule has 3 aromatic carbocycles. The van der Waals surface area contributed by atoms with Crippen molar-refractivity contribution in [3.8, 4) is 34.2 Å². The van der Waals surface area contributed by atoms with Crippen LogP contribution in [0.5, 0.6) is 0 Å². The van der Waals surface area contributed by atoms with Crippen LogP contribution in [-0.4, -0.2) is 33.2 Å². The molecule has 1 amide bonds. The second-order valence-corrected chi connectivity index (χ2v) is 10.1. The van der Waals surface area contributed by atoms with Crippen molar-refractivity contribution in [3.63, 3.8) is 0 Å². The average Bonchev–Trinajstić information content (AvgIpc) is 3.64. The molecule has 5 aromatic rings. The second-order valence-electron chi connectivity index (χ2n) is 10.1. The van der Waals surface area contributed by atoms with Crippen LogP contribution in [0.4, 0.5) is 4.39 Å². The molecule has 0 bridgehead atoms. The maximum Gasteiger partial charge on any atom is 0.326 e. The number of halogens is 1. The normalized spacial score (nSPS) is 11.9. The summed E-state index contributed by atoms with van der Waals surface area (Å²) in [6.07, 6.45) is -0.149. The van der Waals surface area contributed by atoms with E-state index in [1.807, 2.05) is 55.5 Å². The Labute approximate surface area is 235 Å². The highest BCUT2D eigenvalue weighted by atomic mass is 19.1. The van der Waals surface area contributed by atoms with Gasteiger partial charge in [-0.2, -0.15) is 4.98 Å². The van der Waals surface area contributed by atoms with E-state index in [2.05, 4.69) is 29.3 Å². The zero-order valence-electron chi connectivity index (χ0n) is 22.7. The van der Waals surface area contributed by atoms with Crippen LogP contribution in [0.1, 0.15) is 47.0 Å². The first-order valence-corrected chi connectivity index (χ1v) is 13.1. The molecule has 0 aliphatic carbocycles. The Morgan fingerprint density at radius 1 is 0.951 bits per heavy atom. The van der Waals surface area contributed by atoms with E-state index in [1.54, 1.807) is 12.1 Å². The number of aromatic nitrogens is 2. The number of benzene rings is 3. The Morgan fingerprint density at radius 2 is 1.66 bits per heavy atom. The van der Waals surface area contributed by atoms with Crippen LogP contribution >= 0.6 is 0 Å². The molecule has 208 valence electrons. The molecule has 0 aliphatic heterocycles. The lowest BCUT2D eigenvalue weighted by atomic mass is 10.0. The number of nitrogens with zero attached hydrogens (tertiary/aromatic N) is 2. The predicted molar refractivity (Wildman–Crippen MR) is 151 cm³/mol. The van der Waals surface area contributed by atoms with Crippen molar-refractivity contribution in [1.29, 1.82) is 0 Å². The Kier molecular flexibility index (Phi) is 7.78. The fraction of sp³-hybridized carbons (Fsp3) is 0.188. The summed E-state index contributed by atoms with van der Waals surface area (Å²) in [6, 6.07) is 21.3. The van der Waals surface area contributed by atoms with Gasteiger partial charge >= 0.3 is 5.97 Å². The van der Waals surface area contributed by atoms with E-state index in [9.17, 15) is 14.7 Å². The Bertz CT molecular complexity index is 1690. The number of amides is 1. The molecule has 0 saturated carbocycles. The molecule has 2 heterocycles. The van der Waals surface area contributed by atoms with Gasteiger partial charge < -0.3 is 19.4 Å². The monoisotopic (exact) mass is 553 g/mol. The molecule has 2 N–H and O–H groups in total. The summed E-state index contributed by atoms with van der Waals surface area (Å²) < 4.78 is 26.0. The molecule has 8 nitrogen and oxygen atoms in total. The molecule has 0 aliphatic rings. The Morgan fingerprint density at radius 3 is 2.32 bits per heavy atom. The first kappa shape index (κ1) is 27.5. The molecule has 5 rings (SSSR count). The number of carboxylic acid groups (broad SMARTS) is 1. The summed E-state index contributed by atoms with van der Waals surface area (Å²) >= 11 is 0. The van der Waals surface area contributed by atoms with Crippen molar-refractivity contribution in [3.05, 3.63) is 107 Å². The number of carbonyl (C=O) groups excluding carboxylic acids is 1. The Balaban J connectivity index is 1.27. The van der Waals surface area contributed by atoms with Crippen LogP contribution in [-0.2, 0) is 11.2 Å². The van der Waals surface area contributed by atoms with E-state index in [1.165, 1.54) is 23.8 Å². The van der Waals surface area contributed by atoms with E-state index >= 15 is 4.39 Å². The molecule has 41 heavy (non-hydrogen) atoms. The van der Waals surface area contributed by atoms with Crippen molar-refractivity contribution in [2.24, 2.45) is 0 Å². The van der Waals surface area contributed by atoms with Crippen LogP contribution in [0.15, 0.2) is 87.8 Å². The first-order chi connectivity index (χ1) is 19.7. The highest BCUT2D eigenvalue weighted by molar-refractivity contribution is 5.94. The largest absolute Gasteiger partial charge is 0.480 e. The molecule has 2 aromatic heterocycles. The topological polar surface area (TPSA) is 118 Å². The third-order valence-corrected chi connectivity index (χ3v) is 6.73. The molecule has 9 heteroatoms. The summed E-state index contributed by atoms with van der Waals surface area (Å²) in [5, 5.41) is 16.1. The van der Waals surface area contributed by atoms with Crippen molar-refractivity contribution in [1.82, 2.24) is 15.5 Å². The molecule has 1 atom stereocenters. The molecular formula is C32H28FN3O5. The average molecular weight is 554 g/mol. The quantitative estimate of drug-likeness (QED) is 0.209. The van der Waals surface area contributed by atoms with Crippen molar-refractivity contribution < 1.29 is 28.0 Å². The fourth-order valence-electron chi connectivity index (χ4n) is 4.33. The molecule has 1 unspecified atom stereocenters. The second kappa shape index (κ2) is 11.6. The number of aryl methyl sites for hydroxylation is 1. The highest BCUT2D eigenvalue weighted by Gasteiger charge is 2.24. The van der Waals surface area contributed by atoms with Crippen molar-refractivity contribution in [2.45, 2.75) is 39.2 Å². The molecule has 0 radical (unpaired) electrons. The number of aliphatic carboxylic acids is 1. The van der Waals surface area contributed by atoms with E-state index in [0.29, 0.717) is 22.8 Å². The van der Waals surface area contributed by atoms with Gasteiger partial charge in [0.15, 0.2) is 5.76 Å². The van der Waals surface area contributed by atoms with Gasteiger partial charge in [0.2, 0.25) is 5.82 Å². The van der Waals surface area contributed by atoms with Gasteiger partial charge in [0.1, 0.15) is 17.6 Å². The van der Waals surface area contributed by atoms with Gasteiger partial charge in [-0.15, -0.1) is 0 Å². The van der Waals surface area contributed by atoms with E-state index < -0.39 is 23.7 Å². The first-order valence-electron chi connectivity index (χ1n) is 13.1. The maximum absolute atomic E-state index is 15.0. The Hall–Kier alpha value is -5.05. The zero-order chi connectivity index (χ0) is 29.1. The summed E-state index contributed by atoms with van der Waals surface area (Å²) in [4.78, 5) is 29.0. The molecule has 0 fully saturated rings. The lowest BCUT2D eigenvalue weighted by Gasteiger charge is -2.14. The maximum atomic E-state index is 15.0. The standard InChI is InChI=1S/C32H28FN3O5/c1-18(2)21-9-11-22(12-10-21)27-14-15-28(40-27)30(37)34-26(32(38)39)17-20-6-13-24(25(33)16-20)29-35-31(41-36-29)23-7-4-19(3)5-8-23/h4-16,18,26H,17H2,1-3H3,(H,34,37)(H,38,39). The number of rotatable bonds is 9. The van der Waals surface area contributed by atoms with Gasteiger partial charge in [-0.05, 0) is 60.4 Å². The smallest absolute Gasteiger partial charge is 0.326 e. The number of carbonyl (C=O) groups is 2. The third kappa shape index (κ3) is 6.24. The van der Waals surface area contributed by atoms with Gasteiger partial charge in [0, 0.05) is 17.5 Å². The van der Waals surface area contributed by atoms with Gasteiger partial charge in [0.05, 0.1) is 5.56 Å². The van der Waals surface area contributed by atoms with E-state index in [-0.39, 0.29) is 29.5 Å². The number of hydrogen-bond acceptors (Lipinski definition) is 6. The van der Waals surface area contributed by atoms with E-state index in [0.717, 1.165) is 11.1 Å². The molecule has 0 spiro atoms. The van der Waals surface area contributed by atoms with E-state index in [4.69, 9.17) is 8.94 Å². The van der Waals surface area contributed by atoms with Crippen LogP contribution in [0.25, 0.3) is 34.2 Å². The number of hydrogen-bond donors (Lipinski definition) is 2. The summed E-state index contributed by atoms with van der Waals surface area (Å²) in [7, 11) is 0. The van der Waals surface area contributed by atoms with Crippen LogP contribution in [0.2, 0.25) is 0 Å². The predicted octanol–water partition coefficient (Wildman–Crippen LogP) is 6.66. The minimum Gasteiger partial charge on any atom is -0.480 e. The summed E-state index contributed by atoms with van der Waals surface area (Å²) in [6.45, 7) is 6.16. The van der Waals surface area contributed by atoms with Gasteiger partial charge in [0.25, 0.3) is 11.8 Å². The number of furan rings is 1. The highest BCUT2D eigenvalue weighted by Crippen LogP contribution is 2.27. The fourth-order valence-corrected chi connectivity index (χ4v) is 4.33. The lowest BCUT2D eigenvalue weighted by Crippen LogP contribution is -2.42. The SMILES string of the molecule is Cc1ccc(-c2nc(-c3ccc(CC(NC(=O)c4ccc(-c5ccc(C(C)C)cc5)o4)C(=O)O)cc3F)no2)cc1. The summed E-state index contributed by atoms with van der Waals surface area (Å²) in [5.41, 5.74) is 4.23. The van der Waals surface area contributed by atoms with Gasteiger partial charge in [-0.25, -0.2) is 9.18 Å². The van der Waals surface area contributed by atoms with Gasteiger partial charge in [-0.1, -0.05) is 67.0 Å². The van der Waals surface area contributed by atoms with Crippen LogP contribution in [0.3, 0.4) is 0 Å². The minimum absolute atomic E-state index is 0.0257. The lowest BCUT2D eigenvalue weighted by molar-refractivity contribution is -0.139. The van der Waals surface area contributed by atoms with Crippen LogP contribution in [0, 0.1) is 12.7 Å². The molecular weight excluding hydrogens is 525 g/mol. The number of carboxylic acids is 1. The minimum atomic E-state index is -1.31. The van der Waals surface area contributed by atoms with Crippen LogP contribution < -0.4 is 5.32 Å². The van der Waals surface area contributed by atoms with Crippen molar-refractivity contribution >= 4 is 11.9 Å². The number of nitrogens with one attached hydrogen (secondary N) is 1. The molecule has 0 saturated heterocycles. The van der Waals surface area contributed by atoms with Gasteiger partial charge in [-0.3, -0.25) is 4.79 Å². The summed E-state index contributed by atoms with van der Waals surface area (Å²) in [5.74, 6) is -1.42. The zero-order valence-corrected chi connectivity index (χ0v) is 22.7. The van der Waals surface area contributed by atoms with Crippen molar-refractivity contribution in [2.75, 3.05) is 0 Å².